The third-order valence-corrected chi connectivity index (χ3v) is 16.8. The number of aromatic nitrogens is 2. The first-order valence-corrected chi connectivity index (χ1v) is 21.7. The first kappa shape index (κ1) is 32.7. The minimum atomic E-state index is -1.97. The highest BCUT2D eigenvalue weighted by Gasteiger charge is 2.33. The van der Waals surface area contributed by atoms with Gasteiger partial charge >= 0.3 is 6.09 Å². The van der Waals surface area contributed by atoms with Crippen LogP contribution in [0.25, 0.3) is 21.6 Å². The zero-order chi connectivity index (χ0) is 30.7. The third kappa shape index (κ3) is 9.92. The van der Waals surface area contributed by atoms with Crippen LogP contribution in [-0.2, 0) is 20.2 Å². The van der Waals surface area contributed by atoms with Crippen LogP contribution < -0.4 is 5.32 Å². The molecule has 0 aliphatic heterocycles. The largest absolute Gasteiger partial charge is 0.455 e. The van der Waals surface area contributed by atoms with Gasteiger partial charge in [0, 0.05) is 47.3 Å². The average Bonchev–Trinajstić information content (AvgIpc) is 3.31. The Morgan fingerprint density at radius 1 is 1.02 bits per heavy atom. The standard InChI is InChI=1S/C30H40N6O4SSi2/c1-42(2,40-43(3,4)22-41-29-33-18-23(19-34-29)20-38-16-15-35-36-31)17-9-14-32-30(37)39-21-28-26-12-7-5-10-24(26)25-11-6-8-13-27(25)28/h5-8,10-13,18-19,28H,9,14-17,20-22H2,1-4H3,(H,32,37). The van der Waals surface area contributed by atoms with E-state index >= 15 is 0 Å². The minimum Gasteiger partial charge on any atom is -0.455 e. The minimum absolute atomic E-state index is 0.0571. The van der Waals surface area contributed by atoms with E-state index in [0.29, 0.717) is 38.1 Å². The van der Waals surface area contributed by atoms with Gasteiger partial charge in [0.05, 0.1) is 13.2 Å². The Hall–Kier alpha value is -3.20. The van der Waals surface area contributed by atoms with E-state index in [2.05, 4.69) is 75.8 Å². The SMILES string of the molecule is C[Si](C)(CCCNC(=O)OCC1c2ccccc2-c2ccccc21)O[Si](C)(C)CSc1ncc(COCCN=[N+]=[N-])cn1. The molecular weight excluding hydrogens is 597 g/mol. The molecule has 0 bridgehead atoms. The number of carbonyl (C=O) groups excluding carboxylic acids is 1. The van der Waals surface area contributed by atoms with E-state index < -0.39 is 16.6 Å². The quantitative estimate of drug-likeness (QED) is 0.0332. The summed E-state index contributed by atoms with van der Waals surface area (Å²) in [5.41, 5.74) is 14.0. The number of hydrogen-bond acceptors (Lipinski definition) is 8. The van der Waals surface area contributed by atoms with Crippen molar-refractivity contribution in [2.75, 3.05) is 31.7 Å². The molecule has 1 heterocycles. The summed E-state index contributed by atoms with van der Waals surface area (Å²) in [7, 11) is -3.90. The zero-order valence-corrected chi connectivity index (χ0v) is 28.1. The van der Waals surface area contributed by atoms with Crippen molar-refractivity contribution in [1.82, 2.24) is 15.3 Å². The lowest BCUT2D eigenvalue weighted by atomic mass is 9.98. The normalized spacial score (nSPS) is 12.7. The number of thioether (sulfide) groups is 1. The number of nitrogens with one attached hydrogen (secondary N) is 1. The van der Waals surface area contributed by atoms with Crippen LogP contribution in [-0.4, -0.2) is 64.4 Å². The monoisotopic (exact) mass is 636 g/mol. The summed E-state index contributed by atoms with van der Waals surface area (Å²) >= 11 is 1.62. The van der Waals surface area contributed by atoms with Crippen LogP contribution in [0.3, 0.4) is 0 Å². The Bertz CT molecular complexity index is 1370. The van der Waals surface area contributed by atoms with E-state index in [0.717, 1.165) is 23.4 Å². The lowest BCUT2D eigenvalue weighted by Crippen LogP contribution is -2.46. The molecule has 1 aliphatic rings. The predicted molar refractivity (Wildman–Crippen MR) is 175 cm³/mol. The fourth-order valence-electron chi connectivity index (χ4n) is 5.25. The molecule has 0 unspecified atom stereocenters. The van der Waals surface area contributed by atoms with Gasteiger partial charge < -0.3 is 18.9 Å². The van der Waals surface area contributed by atoms with Gasteiger partial charge in [0.1, 0.15) is 6.61 Å². The van der Waals surface area contributed by atoms with Crippen molar-refractivity contribution in [3.8, 4) is 11.1 Å². The molecule has 0 saturated heterocycles. The molecule has 2 aromatic carbocycles. The second kappa shape index (κ2) is 15.5. The van der Waals surface area contributed by atoms with E-state index in [-0.39, 0.29) is 12.0 Å². The molecule has 0 atom stereocenters. The summed E-state index contributed by atoms with van der Waals surface area (Å²) in [6.07, 6.45) is 4.00. The van der Waals surface area contributed by atoms with Crippen LogP contribution in [0.2, 0.25) is 32.2 Å². The van der Waals surface area contributed by atoms with Crippen LogP contribution in [0.15, 0.2) is 71.2 Å². The molecule has 1 amide bonds. The smallest absolute Gasteiger partial charge is 0.407 e. The van der Waals surface area contributed by atoms with Gasteiger partial charge in [-0.15, -0.1) is 0 Å². The fraction of sp³-hybridized carbons (Fsp3) is 0.433. The Morgan fingerprint density at radius 2 is 1.67 bits per heavy atom. The highest BCUT2D eigenvalue weighted by Crippen LogP contribution is 2.44. The molecule has 3 aromatic rings. The molecule has 1 N–H and O–H groups in total. The summed E-state index contributed by atoms with van der Waals surface area (Å²) in [6.45, 7) is 10.9. The van der Waals surface area contributed by atoms with Crippen molar-refractivity contribution in [2.24, 2.45) is 5.11 Å². The number of hydrogen-bond donors (Lipinski definition) is 1. The maximum Gasteiger partial charge on any atom is 0.407 e. The average molecular weight is 637 g/mol. The molecule has 0 fully saturated rings. The molecule has 1 aliphatic carbocycles. The summed E-state index contributed by atoms with van der Waals surface area (Å²) in [6, 6.07) is 17.6. The number of fused-ring (bicyclic) bond motifs is 3. The van der Waals surface area contributed by atoms with Crippen molar-refractivity contribution < 1.29 is 18.4 Å². The Labute approximate surface area is 259 Å². The van der Waals surface area contributed by atoms with Gasteiger partial charge in [-0.2, -0.15) is 0 Å². The van der Waals surface area contributed by atoms with E-state index in [1.807, 2.05) is 24.3 Å². The van der Waals surface area contributed by atoms with E-state index in [9.17, 15) is 4.79 Å². The van der Waals surface area contributed by atoms with Gasteiger partial charge in [-0.25, -0.2) is 14.8 Å². The Balaban J connectivity index is 1.14. The molecule has 1 aromatic heterocycles. The summed E-state index contributed by atoms with van der Waals surface area (Å²) < 4.78 is 17.9. The van der Waals surface area contributed by atoms with Gasteiger partial charge in [0.2, 0.25) is 0 Å². The third-order valence-electron chi connectivity index (χ3n) is 7.02. The maximum absolute atomic E-state index is 12.5. The van der Waals surface area contributed by atoms with Crippen molar-refractivity contribution in [2.45, 2.75) is 56.3 Å². The van der Waals surface area contributed by atoms with Crippen molar-refractivity contribution in [3.63, 3.8) is 0 Å². The van der Waals surface area contributed by atoms with Gasteiger partial charge in [-0.05, 0) is 66.4 Å². The van der Waals surface area contributed by atoms with E-state index in [4.69, 9.17) is 19.1 Å². The highest BCUT2D eigenvalue weighted by atomic mass is 32.2. The topological polar surface area (TPSA) is 131 Å². The first-order valence-electron chi connectivity index (χ1n) is 14.5. The first-order chi connectivity index (χ1) is 20.7. The van der Waals surface area contributed by atoms with Crippen molar-refractivity contribution in [3.05, 3.63) is 88.1 Å². The van der Waals surface area contributed by atoms with Gasteiger partial charge in [-0.3, -0.25) is 0 Å². The molecule has 13 heteroatoms. The van der Waals surface area contributed by atoms with E-state index in [1.54, 1.807) is 24.2 Å². The molecule has 10 nitrogen and oxygen atoms in total. The molecule has 4 rings (SSSR count). The zero-order valence-electron chi connectivity index (χ0n) is 25.3. The molecule has 0 spiro atoms. The number of nitrogens with zero attached hydrogens (tertiary/aromatic N) is 5. The lowest BCUT2D eigenvalue weighted by molar-refractivity contribution is 0.127. The molecule has 228 valence electrons. The summed E-state index contributed by atoms with van der Waals surface area (Å²) in [5.74, 6) is 0.0571. The number of alkyl carbamates (subject to hydrolysis) is 1. The van der Waals surface area contributed by atoms with Crippen molar-refractivity contribution >= 4 is 34.5 Å². The number of benzene rings is 2. The molecule has 43 heavy (non-hydrogen) atoms. The summed E-state index contributed by atoms with van der Waals surface area (Å²) in [5, 5.41) is 7.94. The second-order valence-electron chi connectivity index (χ2n) is 11.6. The van der Waals surface area contributed by atoms with Crippen molar-refractivity contribution in [1.29, 1.82) is 0 Å². The summed E-state index contributed by atoms with van der Waals surface area (Å²) in [4.78, 5) is 24.1. The van der Waals surface area contributed by atoms with Gasteiger partial charge in [-0.1, -0.05) is 65.4 Å². The van der Waals surface area contributed by atoms with Crippen LogP contribution in [0.1, 0.15) is 29.0 Å². The van der Waals surface area contributed by atoms with Crippen LogP contribution >= 0.6 is 11.8 Å². The van der Waals surface area contributed by atoms with Gasteiger partial charge in [0.25, 0.3) is 0 Å². The van der Waals surface area contributed by atoms with Crippen LogP contribution in [0, 0.1) is 0 Å². The number of amides is 1. The molecular formula is C30H40N6O4SSi2. The lowest BCUT2D eigenvalue weighted by Gasteiger charge is -2.33. The fourth-order valence-corrected chi connectivity index (χ4v) is 15.6. The predicted octanol–water partition coefficient (Wildman–Crippen LogP) is 7.29. The second-order valence-corrected chi connectivity index (χ2v) is 21.8. The highest BCUT2D eigenvalue weighted by molar-refractivity contribution is 8.00. The molecule has 0 saturated carbocycles. The molecule has 0 radical (unpaired) electrons. The van der Waals surface area contributed by atoms with Crippen LogP contribution in [0.5, 0.6) is 0 Å². The Morgan fingerprint density at radius 3 is 2.33 bits per heavy atom. The number of azide groups is 1. The maximum atomic E-state index is 12.5. The van der Waals surface area contributed by atoms with Crippen LogP contribution in [0.4, 0.5) is 4.79 Å². The van der Waals surface area contributed by atoms with Gasteiger partial charge in [0.15, 0.2) is 21.8 Å². The van der Waals surface area contributed by atoms with E-state index in [1.165, 1.54) is 22.3 Å². The number of carbonyl (C=O) groups is 1. The number of rotatable bonds is 16. The number of ether oxygens (including phenoxy) is 2. The Kier molecular flexibility index (Phi) is 11.8.